The van der Waals surface area contributed by atoms with E-state index in [1.54, 1.807) is 14.2 Å². The van der Waals surface area contributed by atoms with Gasteiger partial charge in [0, 0.05) is 45.8 Å². The van der Waals surface area contributed by atoms with Crippen LogP contribution in [0.2, 0.25) is 0 Å². The highest BCUT2D eigenvalue weighted by Crippen LogP contribution is 2.08. The fraction of sp³-hybridized carbons (Fsp3) is 0.500. The Morgan fingerprint density at radius 1 is 1.35 bits per heavy atom. The van der Waals surface area contributed by atoms with E-state index in [0.717, 1.165) is 31.2 Å². The normalized spacial score (nSPS) is 11.1. The Bertz CT molecular complexity index is 507. The Hall–Kier alpha value is -1.63. The lowest BCUT2D eigenvalue weighted by Gasteiger charge is -2.01. The number of ether oxygens (including phenoxy) is 2. The van der Waals surface area contributed by atoms with Gasteiger partial charge in [-0.2, -0.15) is 0 Å². The van der Waals surface area contributed by atoms with Gasteiger partial charge in [-0.05, 0) is 11.6 Å². The van der Waals surface area contributed by atoms with E-state index in [0.29, 0.717) is 13.2 Å². The summed E-state index contributed by atoms with van der Waals surface area (Å²) in [6.07, 6.45) is 4.14. The second kappa shape index (κ2) is 7.84. The van der Waals surface area contributed by atoms with Gasteiger partial charge in [0.1, 0.15) is 12.3 Å². The van der Waals surface area contributed by atoms with E-state index in [1.165, 1.54) is 5.56 Å². The minimum atomic E-state index is 0.452. The van der Waals surface area contributed by atoms with Crippen molar-refractivity contribution in [2.24, 2.45) is 0 Å². The summed E-state index contributed by atoms with van der Waals surface area (Å²) in [6.45, 7) is 3.57. The fourth-order valence-corrected chi connectivity index (χ4v) is 1.93. The molecule has 0 aromatic carbocycles. The molecule has 0 saturated heterocycles. The molecule has 0 aliphatic carbocycles. The molecule has 0 fully saturated rings. The molecule has 2 heterocycles. The van der Waals surface area contributed by atoms with Crippen molar-refractivity contribution in [1.82, 2.24) is 15.0 Å². The first kappa shape index (κ1) is 14.8. The highest BCUT2D eigenvalue weighted by Gasteiger charge is 2.05. The van der Waals surface area contributed by atoms with Gasteiger partial charge in [0.25, 0.3) is 0 Å². The highest BCUT2D eigenvalue weighted by atomic mass is 16.5. The van der Waals surface area contributed by atoms with E-state index in [-0.39, 0.29) is 0 Å². The van der Waals surface area contributed by atoms with E-state index >= 15 is 0 Å². The number of nitrogens with zero attached hydrogens (tertiary/aromatic N) is 2. The van der Waals surface area contributed by atoms with Gasteiger partial charge < -0.3 is 23.9 Å². The van der Waals surface area contributed by atoms with E-state index < -0.39 is 0 Å². The maximum atomic E-state index is 5.16. The van der Waals surface area contributed by atoms with E-state index in [1.807, 2.05) is 12.3 Å². The van der Waals surface area contributed by atoms with Gasteiger partial charge in [-0.25, -0.2) is 0 Å². The molecule has 0 bridgehead atoms. The van der Waals surface area contributed by atoms with Crippen molar-refractivity contribution in [3.05, 3.63) is 41.5 Å². The molecule has 2 aromatic heterocycles. The van der Waals surface area contributed by atoms with Crippen molar-refractivity contribution in [2.45, 2.75) is 19.7 Å². The standard InChI is InChI=1S/C14H21N3O3/c1-18-6-4-15-8-12-3-5-17(9-12)10-13-7-14(11-19-2)20-16-13/h3,5,7,9,15H,4,6,8,10-11H2,1-2H3. The van der Waals surface area contributed by atoms with Crippen LogP contribution in [-0.4, -0.2) is 37.1 Å². The summed E-state index contributed by atoms with van der Waals surface area (Å²) < 4.78 is 17.2. The number of hydrogen-bond donors (Lipinski definition) is 1. The van der Waals surface area contributed by atoms with Gasteiger partial charge in [-0.1, -0.05) is 5.16 Å². The second-order valence-corrected chi connectivity index (χ2v) is 4.58. The fourth-order valence-electron chi connectivity index (χ4n) is 1.93. The molecule has 20 heavy (non-hydrogen) atoms. The highest BCUT2D eigenvalue weighted by molar-refractivity contribution is 5.12. The molecule has 2 aromatic rings. The molecule has 0 aliphatic heterocycles. The molecule has 1 N–H and O–H groups in total. The third kappa shape index (κ3) is 4.48. The summed E-state index contributed by atoms with van der Waals surface area (Å²) >= 11 is 0. The van der Waals surface area contributed by atoms with Crippen molar-refractivity contribution in [3.63, 3.8) is 0 Å². The van der Waals surface area contributed by atoms with Crippen LogP contribution in [0.1, 0.15) is 17.0 Å². The van der Waals surface area contributed by atoms with Crippen LogP contribution < -0.4 is 5.32 Å². The molecule has 6 nitrogen and oxygen atoms in total. The van der Waals surface area contributed by atoms with Crippen LogP contribution in [0.4, 0.5) is 0 Å². The van der Waals surface area contributed by atoms with Gasteiger partial charge in [0.15, 0.2) is 5.76 Å². The minimum absolute atomic E-state index is 0.452. The monoisotopic (exact) mass is 279 g/mol. The summed E-state index contributed by atoms with van der Waals surface area (Å²) in [5.41, 5.74) is 2.13. The molecule has 2 rings (SSSR count). The van der Waals surface area contributed by atoms with Crippen LogP contribution in [0, 0.1) is 0 Å². The van der Waals surface area contributed by atoms with Crippen LogP contribution in [0.5, 0.6) is 0 Å². The van der Waals surface area contributed by atoms with Crippen molar-refractivity contribution in [1.29, 1.82) is 0 Å². The zero-order valence-electron chi connectivity index (χ0n) is 12.0. The first-order valence-electron chi connectivity index (χ1n) is 6.59. The molecule has 0 atom stereocenters. The summed E-state index contributed by atoms with van der Waals surface area (Å²) in [6, 6.07) is 4.01. The predicted molar refractivity (Wildman–Crippen MR) is 74.3 cm³/mol. The van der Waals surface area contributed by atoms with Crippen molar-refractivity contribution < 1.29 is 14.0 Å². The van der Waals surface area contributed by atoms with Crippen molar-refractivity contribution >= 4 is 0 Å². The molecule has 6 heteroatoms. The largest absolute Gasteiger partial charge is 0.383 e. The van der Waals surface area contributed by atoms with Gasteiger partial charge >= 0.3 is 0 Å². The SMILES string of the molecule is COCCNCc1ccn(Cc2cc(COC)on2)c1. The lowest BCUT2D eigenvalue weighted by molar-refractivity contribution is 0.155. The van der Waals surface area contributed by atoms with Crippen LogP contribution in [0.25, 0.3) is 0 Å². The summed E-state index contributed by atoms with van der Waals surface area (Å²) in [7, 11) is 3.34. The van der Waals surface area contributed by atoms with E-state index in [2.05, 4.69) is 27.3 Å². The van der Waals surface area contributed by atoms with Gasteiger partial charge in [-0.15, -0.1) is 0 Å². The molecule has 0 radical (unpaired) electrons. The molecule has 0 aliphatic rings. The second-order valence-electron chi connectivity index (χ2n) is 4.58. The van der Waals surface area contributed by atoms with Crippen LogP contribution >= 0.6 is 0 Å². The minimum Gasteiger partial charge on any atom is -0.383 e. The van der Waals surface area contributed by atoms with Gasteiger partial charge in [0.05, 0.1) is 13.2 Å². The van der Waals surface area contributed by atoms with Gasteiger partial charge in [-0.3, -0.25) is 0 Å². The van der Waals surface area contributed by atoms with E-state index in [4.69, 9.17) is 14.0 Å². The number of nitrogens with one attached hydrogen (secondary N) is 1. The topological polar surface area (TPSA) is 61.5 Å². The molecule has 0 spiro atoms. The smallest absolute Gasteiger partial charge is 0.162 e. The van der Waals surface area contributed by atoms with Crippen LogP contribution in [0.15, 0.2) is 29.0 Å². The summed E-state index contributed by atoms with van der Waals surface area (Å²) in [5.74, 6) is 0.746. The van der Waals surface area contributed by atoms with E-state index in [9.17, 15) is 0 Å². The third-order valence-electron chi connectivity index (χ3n) is 2.86. The zero-order valence-corrected chi connectivity index (χ0v) is 12.0. The molecule has 0 amide bonds. The average molecular weight is 279 g/mol. The first-order valence-corrected chi connectivity index (χ1v) is 6.59. The quantitative estimate of drug-likeness (QED) is 0.703. The van der Waals surface area contributed by atoms with Gasteiger partial charge in [0.2, 0.25) is 0 Å². The lowest BCUT2D eigenvalue weighted by Crippen LogP contribution is -2.18. The Kier molecular flexibility index (Phi) is 5.79. The number of methoxy groups -OCH3 is 2. The molecule has 0 unspecified atom stereocenters. The molecule has 110 valence electrons. The summed E-state index contributed by atoms with van der Waals surface area (Å²) in [5, 5.41) is 7.33. The average Bonchev–Trinajstić information content (AvgIpc) is 3.06. The maximum Gasteiger partial charge on any atom is 0.162 e. The molecular formula is C14H21N3O3. The van der Waals surface area contributed by atoms with Crippen molar-refractivity contribution in [2.75, 3.05) is 27.4 Å². The Morgan fingerprint density at radius 2 is 2.25 bits per heavy atom. The van der Waals surface area contributed by atoms with Crippen LogP contribution in [0.3, 0.4) is 0 Å². The number of rotatable bonds is 9. The molecular weight excluding hydrogens is 258 g/mol. The Balaban J connectivity index is 1.82. The number of aromatic nitrogens is 2. The summed E-state index contributed by atoms with van der Waals surface area (Å²) in [4.78, 5) is 0. The maximum absolute atomic E-state index is 5.16. The zero-order chi connectivity index (χ0) is 14.2. The predicted octanol–water partition coefficient (Wildman–Crippen LogP) is 1.41. The Labute approximate surface area is 118 Å². The number of hydrogen-bond acceptors (Lipinski definition) is 5. The lowest BCUT2D eigenvalue weighted by atomic mass is 10.3. The van der Waals surface area contributed by atoms with Crippen LogP contribution in [-0.2, 0) is 29.2 Å². The molecule has 0 saturated carbocycles. The first-order chi connectivity index (χ1) is 9.81. The third-order valence-corrected chi connectivity index (χ3v) is 2.86. The Morgan fingerprint density at radius 3 is 3.05 bits per heavy atom. The van der Waals surface area contributed by atoms with Crippen molar-refractivity contribution in [3.8, 4) is 0 Å².